The molecule has 1 amide bonds. The van der Waals surface area contributed by atoms with Gasteiger partial charge in [-0.05, 0) is 44.4 Å². The molecule has 0 spiro atoms. The second kappa shape index (κ2) is 9.34. The monoisotopic (exact) mass is 403 g/mol. The molecule has 1 aliphatic rings. The predicted octanol–water partition coefficient (Wildman–Crippen LogP) is 2.31. The van der Waals surface area contributed by atoms with Crippen molar-refractivity contribution in [1.29, 1.82) is 10.5 Å². The van der Waals surface area contributed by atoms with E-state index in [1.165, 1.54) is 0 Å². The maximum Gasteiger partial charge on any atom is 0.237 e. The molecular formula is C22H25N7O. The van der Waals surface area contributed by atoms with Crippen molar-refractivity contribution in [2.45, 2.75) is 38.3 Å². The molecule has 3 rings (SSSR count). The Labute approximate surface area is 176 Å². The van der Waals surface area contributed by atoms with Crippen molar-refractivity contribution >= 4 is 11.9 Å². The van der Waals surface area contributed by atoms with Gasteiger partial charge in [-0.3, -0.25) is 4.79 Å². The fraction of sp³-hybridized carbons (Fsp3) is 0.409. The van der Waals surface area contributed by atoms with Gasteiger partial charge in [0.1, 0.15) is 6.04 Å². The smallest absolute Gasteiger partial charge is 0.237 e. The zero-order chi connectivity index (χ0) is 21.6. The van der Waals surface area contributed by atoms with E-state index in [4.69, 9.17) is 10.5 Å². The van der Waals surface area contributed by atoms with Crippen molar-refractivity contribution in [3.05, 3.63) is 42.2 Å². The molecule has 1 atom stereocenters. The Kier molecular flexibility index (Phi) is 6.61. The third-order valence-corrected chi connectivity index (χ3v) is 5.11. The lowest BCUT2D eigenvalue weighted by molar-refractivity contribution is -0.130. The SMILES string of the molecule is CC(C)(CNc1ncc(-c2cccc(C#N)c2)cn1)NCC(=O)N1CCCC1C#N. The number of hydrogen-bond acceptors (Lipinski definition) is 7. The molecule has 0 radical (unpaired) electrons. The van der Waals surface area contributed by atoms with Gasteiger partial charge in [-0.2, -0.15) is 10.5 Å². The van der Waals surface area contributed by atoms with E-state index in [1.807, 2.05) is 26.0 Å². The Morgan fingerprint density at radius 3 is 2.73 bits per heavy atom. The van der Waals surface area contributed by atoms with E-state index in [2.05, 4.69) is 32.7 Å². The predicted molar refractivity (Wildman–Crippen MR) is 113 cm³/mol. The molecule has 154 valence electrons. The summed E-state index contributed by atoms with van der Waals surface area (Å²) in [6.45, 7) is 5.32. The van der Waals surface area contributed by atoms with Gasteiger partial charge in [0.25, 0.3) is 0 Å². The Balaban J connectivity index is 1.52. The molecule has 0 bridgehead atoms. The van der Waals surface area contributed by atoms with Crippen LogP contribution in [0.25, 0.3) is 11.1 Å². The van der Waals surface area contributed by atoms with Gasteiger partial charge in [-0.25, -0.2) is 9.97 Å². The summed E-state index contributed by atoms with van der Waals surface area (Å²) in [5.74, 6) is 0.438. The summed E-state index contributed by atoms with van der Waals surface area (Å²) in [4.78, 5) is 22.8. The van der Waals surface area contributed by atoms with Crippen molar-refractivity contribution in [1.82, 2.24) is 20.2 Å². The minimum absolute atomic E-state index is 0.0488. The molecule has 2 heterocycles. The average Bonchev–Trinajstić information content (AvgIpc) is 3.26. The molecule has 0 aliphatic carbocycles. The van der Waals surface area contributed by atoms with E-state index in [0.29, 0.717) is 24.6 Å². The number of carbonyl (C=O) groups is 1. The topological polar surface area (TPSA) is 118 Å². The fourth-order valence-electron chi connectivity index (χ4n) is 3.32. The molecule has 1 saturated heterocycles. The molecule has 8 nitrogen and oxygen atoms in total. The quantitative estimate of drug-likeness (QED) is 0.728. The summed E-state index contributed by atoms with van der Waals surface area (Å²) in [6, 6.07) is 11.3. The maximum absolute atomic E-state index is 12.4. The van der Waals surface area contributed by atoms with Crippen molar-refractivity contribution in [3.8, 4) is 23.3 Å². The van der Waals surface area contributed by atoms with E-state index in [0.717, 1.165) is 24.0 Å². The number of nitrogens with one attached hydrogen (secondary N) is 2. The van der Waals surface area contributed by atoms with Gasteiger partial charge in [0.05, 0.1) is 24.2 Å². The Hall–Kier alpha value is -3.49. The number of anilines is 1. The number of carbonyl (C=O) groups excluding carboxylic acids is 1. The van der Waals surface area contributed by atoms with Gasteiger partial charge < -0.3 is 15.5 Å². The van der Waals surface area contributed by atoms with Crippen LogP contribution in [0.1, 0.15) is 32.3 Å². The van der Waals surface area contributed by atoms with Gasteiger partial charge in [-0.1, -0.05) is 12.1 Å². The summed E-state index contributed by atoms with van der Waals surface area (Å²) < 4.78 is 0. The summed E-state index contributed by atoms with van der Waals surface area (Å²) in [5, 5.41) is 24.6. The molecule has 2 aromatic rings. The normalized spacial score (nSPS) is 16.0. The molecule has 1 aromatic carbocycles. The van der Waals surface area contributed by atoms with Gasteiger partial charge in [0.15, 0.2) is 0 Å². The van der Waals surface area contributed by atoms with Crippen LogP contribution >= 0.6 is 0 Å². The number of rotatable bonds is 7. The molecule has 1 fully saturated rings. The van der Waals surface area contributed by atoms with Crippen molar-refractivity contribution in [2.24, 2.45) is 0 Å². The minimum atomic E-state index is -0.374. The third-order valence-electron chi connectivity index (χ3n) is 5.11. The maximum atomic E-state index is 12.4. The van der Waals surface area contributed by atoms with E-state index in [9.17, 15) is 4.79 Å². The van der Waals surface area contributed by atoms with Crippen molar-refractivity contribution in [3.63, 3.8) is 0 Å². The number of nitriles is 2. The van der Waals surface area contributed by atoms with Crippen LogP contribution in [-0.4, -0.2) is 52.0 Å². The first kappa shape index (κ1) is 21.2. The lowest BCUT2D eigenvalue weighted by Crippen LogP contribution is -2.50. The molecule has 1 aliphatic heterocycles. The van der Waals surface area contributed by atoms with E-state index in [1.54, 1.807) is 29.4 Å². The molecular weight excluding hydrogens is 378 g/mol. The first-order chi connectivity index (χ1) is 14.4. The Morgan fingerprint density at radius 1 is 1.27 bits per heavy atom. The Morgan fingerprint density at radius 2 is 2.03 bits per heavy atom. The molecule has 1 aromatic heterocycles. The lowest BCUT2D eigenvalue weighted by Gasteiger charge is -2.28. The van der Waals surface area contributed by atoms with Gasteiger partial charge >= 0.3 is 0 Å². The zero-order valence-corrected chi connectivity index (χ0v) is 17.2. The molecule has 1 unspecified atom stereocenters. The van der Waals surface area contributed by atoms with Crippen molar-refractivity contribution < 1.29 is 4.79 Å². The second-order valence-electron chi connectivity index (χ2n) is 7.95. The number of hydrogen-bond donors (Lipinski definition) is 2. The van der Waals surface area contributed by atoms with Crippen LogP contribution in [-0.2, 0) is 4.79 Å². The first-order valence-electron chi connectivity index (χ1n) is 9.92. The van der Waals surface area contributed by atoms with Crippen molar-refractivity contribution in [2.75, 3.05) is 25.0 Å². The first-order valence-corrected chi connectivity index (χ1v) is 9.92. The van der Waals surface area contributed by atoms with Gasteiger partial charge in [-0.15, -0.1) is 0 Å². The third kappa shape index (κ3) is 5.31. The second-order valence-corrected chi connectivity index (χ2v) is 7.95. The molecule has 0 saturated carbocycles. The van der Waals surface area contributed by atoms with Gasteiger partial charge in [0.2, 0.25) is 11.9 Å². The van der Waals surface area contributed by atoms with Crippen LogP contribution in [0.3, 0.4) is 0 Å². The van der Waals surface area contributed by atoms with Gasteiger partial charge in [0, 0.05) is 36.6 Å². The highest BCUT2D eigenvalue weighted by molar-refractivity contribution is 5.79. The van der Waals surface area contributed by atoms with Crippen LogP contribution in [0.2, 0.25) is 0 Å². The zero-order valence-electron chi connectivity index (χ0n) is 17.2. The summed E-state index contributed by atoms with van der Waals surface area (Å²) in [5.41, 5.74) is 1.94. The average molecular weight is 403 g/mol. The standard InChI is InChI=1S/C22H25N7O/c1-22(2,28-14-20(30)29-8-4-7-19(29)11-24)15-27-21-25-12-18(13-26-21)17-6-3-5-16(9-17)10-23/h3,5-6,9,12-13,19,28H,4,7-8,14-15H2,1-2H3,(H,25,26,27). The number of likely N-dealkylation sites (tertiary alicyclic amines) is 1. The highest BCUT2D eigenvalue weighted by Crippen LogP contribution is 2.19. The molecule has 8 heteroatoms. The van der Waals surface area contributed by atoms with Crippen LogP contribution in [0.15, 0.2) is 36.7 Å². The van der Waals surface area contributed by atoms with Crippen LogP contribution < -0.4 is 10.6 Å². The molecule has 30 heavy (non-hydrogen) atoms. The highest BCUT2D eigenvalue weighted by atomic mass is 16.2. The summed E-state index contributed by atoms with van der Waals surface area (Å²) >= 11 is 0. The van der Waals surface area contributed by atoms with Crippen LogP contribution in [0.4, 0.5) is 5.95 Å². The fourth-order valence-corrected chi connectivity index (χ4v) is 3.32. The molecule has 2 N–H and O–H groups in total. The van der Waals surface area contributed by atoms with E-state index < -0.39 is 0 Å². The Bertz CT molecular complexity index is 972. The number of aromatic nitrogens is 2. The minimum Gasteiger partial charge on any atom is -0.352 e. The lowest BCUT2D eigenvalue weighted by atomic mass is 10.1. The largest absolute Gasteiger partial charge is 0.352 e. The highest BCUT2D eigenvalue weighted by Gasteiger charge is 2.29. The van der Waals surface area contributed by atoms with E-state index >= 15 is 0 Å². The van der Waals surface area contributed by atoms with Crippen LogP contribution in [0.5, 0.6) is 0 Å². The summed E-state index contributed by atoms with van der Waals surface area (Å²) in [7, 11) is 0. The number of amides is 1. The number of benzene rings is 1. The summed E-state index contributed by atoms with van der Waals surface area (Å²) in [6.07, 6.45) is 5.06. The van der Waals surface area contributed by atoms with Crippen LogP contribution in [0, 0.1) is 22.7 Å². The van der Waals surface area contributed by atoms with E-state index in [-0.39, 0.29) is 24.0 Å². The number of nitrogens with zero attached hydrogens (tertiary/aromatic N) is 5.